The average molecular weight is 236 g/mol. The van der Waals surface area contributed by atoms with Gasteiger partial charge in [0.15, 0.2) is 11.5 Å². The quantitative estimate of drug-likeness (QED) is 0.840. The Morgan fingerprint density at radius 1 is 1.24 bits per heavy atom. The molecule has 2 rings (SSSR count). The molecule has 1 aromatic carbocycles. The van der Waals surface area contributed by atoms with E-state index in [4.69, 9.17) is 9.47 Å². The maximum Gasteiger partial charge on any atom is 0.231 e. The molecule has 1 heterocycles. The summed E-state index contributed by atoms with van der Waals surface area (Å²) < 4.78 is 10.7. The van der Waals surface area contributed by atoms with Crippen LogP contribution < -0.4 is 20.1 Å². The summed E-state index contributed by atoms with van der Waals surface area (Å²) >= 11 is 0. The maximum atomic E-state index is 5.37. The molecule has 0 amide bonds. The Morgan fingerprint density at radius 2 is 1.88 bits per heavy atom. The van der Waals surface area contributed by atoms with Gasteiger partial charge >= 0.3 is 0 Å². The van der Waals surface area contributed by atoms with Gasteiger partial charge in [0.05, 0.1) is 0 Å². The van der Waals surface area contributed by atoms with Gasteiger partial charge < -0.3 is 20.1 Å². The molecular weight excluding hydrogens is 216 g/mol. The van der Waals surface area contributed by atoms with Crippen molar-refractivity contribution in [3.05, 3.63) is 17.7 Å². The van der Waals surface area contributed by atoms with Gasteiger partial charge in [0.25, 0.3) is 0 Å². The van der Waals surface area contributed by atoms with E-state index in [0.29, 0.717) is 6.79 Å². The summed E-state index contributed by atoms with van der Waals surface area (Å²) in [5, 5.41) is 6.70. The molecular formula is C13H20N2O2. The van der Waals surface area contributed by atoms with Crippen LogP contribution in [0.25, 0.3) is 0 Å². The molecule has 2 N–H and O–H groups in total. The minimum atomic E-state index is 0.0583. The van der Waals surface area contributed by atoms with E-state index in [1.165, 1.54) is 5.56 Å². The number of likely N-dealkylation sites (N-methyl/N-ethyl adjacent to an activating group) is 1. The Morgan fingerprint density at radius 3 is 2.53 bits per heavy atom. The van der Waals surface area contributed by atoms with Crippen LogP contribution in [0.5, 0.6) is 11.5 Å². The molecule has 4 heteroatoms. The molecule has 0 aliphatic carbocycles. The first-order chi connectivity index (χ1) is 8.02. The second kappa shape index (κ2) is 4.45. The van der Waals surface area contributed by atoms with Gasteiger partial charge in [-0.15, -0.1) is 0 Å². The Bertz CT molecular complexity index is 416. The Hall–Kier alpha value is -1.42. The molecule has 0 saturated carbocycles. The predicted molar refractivity (Wildman–Crippen MR) is 68.9 cm³/mol. The third-order valence-corrected chi connectivity index (χ3v) is 3.12. The van der Waals surface area contributed by atoms with Gasteiger partial charge in [-0.2, -0.15) is 0 Å². The molecule has 4 nitrogen and oxygen atoms in total. The van der Waals surface area contributed by atoms with E-state index in [9.17, 15) is 0 Å². The van der Waals surface area contributed by atoms with Crippen LogP contribution in [0.15, 0.2) is 12.1 Å². The van der Waals surface area contributed by atoms with Crippen molar-refractivity contribution >= 4 is 5.69 Å². The second-order valence-electron chi connectivity index (χ2n) is 5.01. The number of ether oxygens (including phenoxy) is 2. The Balaban J connectivity index is 2.11. The minimum Gasteiger partial charge on any atom is -0.454 e. The highest BCUT2D eigenvalue weighted by molar-refractivity contribution is 5.60. The summed E-state index contributed by atoms with van der Waals surface area (Å²) in [4.78, 5) is 0. The lowest BCUT2D eigenvalue weighted by molar-refractivity contribution is 0.174. The van der Waals surface area contributed by atoms with Gasteiger partial charge in [0.2, 0.25) is 6.79 Å². The fourth-order valence-corrected chi connectivity index (χ4v) is 1.64. The molecule has 1 aliphatic heterocycles. The molecule has 0 spiro atoms. The summed E-state index contributed by atoms with van der Waals surface area (Å²) in [6.07, 6.45) is 0. The van der Waals surface area contributed by atoms with E-state index in [1.54, 1.807) is 0 Å². The number of fused-ring (bicyclic) bond motifs is 1. The van der Waals surface area contributed by atoms with Gasteiger partial charge in [-0.05, 0) is 39.4 Å². The summed E-state index contributed by atoms with van der Waals surface area (Å²) in [5.74, 6) is 1.65. The summed E-state index contributed by atoms with van der Waals surface area (Å²) in [6.45, 7) is 7.55. The highest BCUT2D eigenvalue weighted by Gasteiger charge is 2.18. The van der Waals surface area contributed by atoms with Crippen LogP contribution in [0.3, 0.4) is 0 Å². The van der Waals surface area contributed by atoms with Gasteiger partial charge in [-0.3, -0.25) is 0 Å². The van der Waals surface area contributed by atoms with E-state index in [-0.39, 0.29) is 5.54 Å². The summed E-state index contributed by atoms with van der Waals surface area (Å²) in [6, 6.07) is 4.01. The topological polar surface area (TPSA) is 42.5 Å². The lowest BCUT2D eigenvalue weighted by Crippen LogP contribution is -2.42. The molecule has 1 aromatic rings. The van der Waals surface area contributed by atoms with Crippen LogP contribution in [0.2, 0.25) is 0 Å². The summed E-state index contributed by atoms with van der Waals surface area (Å²) in [7, 11) is 1.97. The molecule has 0 fully saturated rings. The zero-order chi connectivity index (χ0) is 12.5. The van der Waals surface area contributed by atoms with Crippen molar-refractivity contribution < 1.29 is 9.47 Å². The number of aryl methyl sites for hydroxylation is 1. The Kier molecular flexibility index (Phi) is 3.15. The second-order valence-corrected chi connectivity index (χ2v) is 5.01. The zero-order valence-electron chi connectivity index (χ0n) is 10.9. The van der Waals surface area contributed by atoms with Crippen LogP contribution in [0, 0.1) is 6.92 Å². The smallest absolute Gasteiger partial charge is 0.231 e. The molecule has 0 radical (unpaired) electrons. The van der Waals surface area contributed by atoms with Crippen molar-refractivity contribution in [2.45, 2.75) is 26.3 Å². The van der Waals surface area contributed by atoms with Crippen molar-refractivity contribution in [2.24, 2.45) is 0 Å². The van der Waals surface area contributed by atoms with Gasteiger partial charge in [-0.25, -0.2) is 0 Å². The van der Waals surface area contributed by atoms with Crippen molar-refractivity contribution in [3.8, 4) is 11.5 Å². The van der Waals surface area contributed by atoms with E-state index in [2.05, 4.69) is 31.4 Å². The third-order valence-electron chi connectivity index (χ3n) is 3.12. The van der Waals surface area contributed by atoms with E-state index in [0.717, 1.165) is 23.7 Å². The number of anilines is 1. The summed E-state index contributed by atoms with van der Waals surface area (Å²) in [5.41, 5.74) is 2.32. The SMILES string of the molecule is CNC(C)(C)CNc1cc2c(cc1C)OCO2. The zero-order valence-corrected chi connectivity index (χ0v) is 10.9. The van der Waals surface area contributed by atoms with Crippen LogP contribution in [-0.2, 0) is 0 Å². The van der Waals surface area contributed by atoms with Crippen molar-refractivity contribution in [1.29, 1.82) is 0 Å². The fourth-order valence-electron chi connectivity index (χ4n) is 1.64. The third kappa shape index (κ3) is 2.64. The van der Waals surface area contributed by atoms with Crippen molar-refractivity contribution in [3.63, 3.8) is 0 Å². The largest absolute Gasteiger partial charge is 0.454 e. The normalized spacial score (nSPS) is 13.9. The van der Waals surface area contributed by atoms with Gasteiger partial charge in [0.1, 0.15) is 0 Å². The van der Waals surface area contributed by atoms with Crippen LogP contribution in [-0.4, -0.2) is 25.9 Å². The molecule has 0 aromatic heterocycles. The first-order valence-electron chi connectivity index (χ1n) is 5.85. The number of hydrogen-bond donors (Lipinski definition) is 2. The molecule has 1 aliphatic rings. The molecule has 0 bridgehead atoms. The van der Waals surface area contributed by atoms with Crippen LogP contribution in [0.4, 0.5) is 5.69 Å². The van der Waals surface area contributed by atoms with Crippen molar-refractivity contribution in [2.75, 3.05) is 25.7 Å². The lowest BCUT2D eigenvalue weighted by atomic mass is 10.1. The van der Waals surface area contributed by atoms with Crippen LogP contribution >= 0.6 is 0 Å². The minimum absolute atomic E-state index is 0.0583. The highest BCUT2D eigenvalue weighted by atomic mass is 16.7. The monoisotopic (exact) mass is 236 g/mol. The molecule has 17 heavy (non-hydrogen) atoms. The number of rotatable bonds is 4. The molecule has 0 atom stereocenters. The van der Waals surface area contributed by atoms with Crippen molar-refractivity contribution in [1.82, 2.24) is 5.32 Å². The molecule has 0 unspecified atom stereocenters. The number of benzene rings is 1. The standard InChI is InChI=1S/C13H20N2O2/c1-9-5-11-12(17-8-16-11)6-10(9)15-7-13(2,3)14-4/h5-6,14-15H,7-8H2,1-4H3. The number of hydrogen-bond acceptors (Lipinski definition) is 4. The van der Waals surface area contributed by atoms with E-state index in [1.807, 2.05) is 19.2 Å². The van der Waals surface area contributed by atoms with E-state index >= 15 is 0 Å². The first-order valence-corrected chi connectivity index (χ1v) is 5.85. The predicted octanol–water partition coefficient (Wildman–Crippen LogP) is 2.13. The molecule has 0 saturated heterocycles. The maximum absolute atomic E-state index is 5.37. The first kappa shape index (κ1) is 12.0. The fraction of sp³-hybridized carbons (Fsp3) is 0.538. The Labute approximate surface area is 102 Å². The van der Waals surface area contributed by atoms with Crippen LogP contribution in [0.1, 0.15) is 19.4 Å². The van der Waals surface area contributed by atoms with E-state index < -0.39 is 0 Å². The number of nitrogens with one attached hydrogen (secondary N) is 2. The highest BCUT2D eigenvalue weighted by Crippen LogP contribution is 2.36. The van der Waals surface area contributed by atoms with Gasteiger partial charge in [-0.1, -0.05) is 0 Å². The average Bonchev–Trinajstić information content (AvgIpc) is 2.73. The van der Waals surface area contributed by atoms with Gasteiger partial charge in [0, 0.05) is 23.8 Å². The molecule has 94 valence electrons. The lowest BCUT2D eigenvalue weighted by Gasteiger charge is -2.25.